The molecule has 1 heterocycles. The molecular weight excluding hydrogens is 376 g/mol. The van der Waals surface area contributed by atoms with Gasteiger partial charge in [0, 0.05) is 11.0 Å². The van der Waals surface area contributed by atoms with Crippen LogP contribution in [0, 0.1) is 0 Å². The Balaban J connectivity index is 2.16. The average Bonchev–Trinajstić information content (AvgIpc) is 2.90. The number of carbonyl (C=O) groups is 2. The van der Waals surface area contributed by atoms with Crippen molar-refractivity contribution in [3.05, 3.63) is 45.7 Å². The second kappa shape index (κ2) is 8.58. The summed E-state index contributed by atoms with van der Waals surface area (Å²) in [5, 5.41) is 19.3. The fourth-order valence-electron chi connectivity index (χ4n) is 2.30. The average molecular weight is 395 g/mol. The fraction of sp³-hybridized carbons (Fsp3) is 0.375. The molecule has 0 atom stereocenters. The molecule has 7 nitrogen and oxygen atoms in total. The van der Waals surface area contributed by atoms with Crippen LogP contribution in [-0.4, -0.2) is 38.5 Å². The second-order valence-corrected chi connectivity index (χ2v) is 6.24. The summed E-state index contributed by atoms with van der Waals surface area (Å²) in [5.41, 5.74) is 2.06. The molecule has 2 aromatic rings. The van der Waals surface area contributed by atoms with Crippen molar-refractivity contribution in [2.24, 2.45) is 0 Å². The van der Waals surface area contributed by atoms with E-state index in [2.05, 4.69) is 31.6 Å². The van der Waals surface area contributed by atoms with Gasteiger partial charge in [0.1, 0.15) is 0 Å². The maximum atomic E-state index is 12.2. The number of amides is 1. The van der Waals surface area contributed by atoms with Crippen LogP contribution in [0.25, 0.3) is 0 Å². The molecule has 0 fully saturated rings. The fourth-order valence-corrected chi connectivity index (χ4v) is 2.74. The molecular formula is C16H19BrN4O3. The van der Waals surface area contributed by atoms with Gasteiger partial charge in [0.15, 0.2) is 5.69 Å². The first kappa shape index (κ1) is 18.1. The number of aromatic nitrogens is 3. The van der Waals surface area contributed by atoms with Gasteiger partial charge in [0.05, 0.1) is 18.7 Å². The third-order valence-corrected chi connectivity index (χ3v) is 3.88. The van der Waals surface area contributed by atoms with E-state index in [1.807, 2.05) is 31.2 Å². The number of nitrogens with zero attached hydrogens (tertiary/aromatic N) is 3. The van der Waals surface area contributed by atoms with Gasteiger partial charge in [-0.05, 0) is 24.1 Å². The van der Waals surface area contributed by atoms with Crippen molar-refractivity contribution >= 4 is 27.8 Å². The minimum atomic E-state index is -0.956. The summed E-state index contributed by atoms with van der Waals surface area (Å²) in [6, 6.07) is 7.85. The summed E-state index contributed by atoms with van der Waals surface area (Å²) in [4.78, 5) is 22.7. The lowest BCUT2D eigenvalue weighted by Gasteiger charge is -2.08. The van der Waals surface area contributed by atoms with Crippen LogP contribution in [0.4, 0.5) is 0 Å². The molecule has 8 heteroatoms. The highest BCUT2D eigenvalue weighted by Gasteiger charge is 2.19. The van der Waals surface area contributed by atoms with E-state index in [1.54, 1.807) is 4.68 Å². The number of rotatable bonds is 8. The Morgan fingerprint density at radius 1 is 1.38 bits per heavy atom. The third kappa shape index (κ3) is 4.89. The molecule has 1 amide bonds. The summed E-state index contributed by atoms with van der Waals surface area (Å²) in [5.74, 6) is -1.34. The number of nitrogens with one attached hydrogen (secondary N) is 1. The molecule has 128 valence electrons. The molecule has 0 spiro atoms. The molecule has 1 aromatic carbocycles. The van der Waals surface area contributed by atoms with Crippen molar-refractivity contribution in [1.82, 2.24) is 20.3 Å². The molecule has 1 aromatic heterocycles. The van der Waals surface area contributed by atoms with Crippen LogP contribution in [0.2, 0.25) is 0 Å². The Labute approximate surface area is 148 Å². The predicted octanol–water partition coefficient (Wildman–Crippen LogP) is 2.25. The largest absolute Gasteiger partial charge is 0.481 e. The van der Waals surface area contributed by atoms with Crippen LogP contribution >= 0.6 is 15.9 Å². The summed E-state index contributed by atoms with van der Waals surface area (Å²) in [7, 11) is 0. The Hall–Kier alpha value is -2.22. The van der Waals surface area contributed by atoms with Crippen molar-refractivity contribution in [2.45, 2.75) is 32.7 Å². The molecule has 0 aliphatic carbocycles. The van der Waals surface area contributed by atoms with E-state index in [0.717, 1.165) is 22.2 Å². The first-order valence-corrected chi connectivity index (χ1v) is 8.47. The number of hydrogen-bond donors (Lipinski definition) is 2. The third-order valence-electron chi connectivity index (χ3n) is 3.39. The number of carboxylic acid groups (broad SMARTS) is 1. The zero-order valence-electron chi connectivity index (χ0n) is 13.3. The van der Waals surface area contributed by atoms with Gasteiger partial charge in [-0.25, -0.2) is 4.68 Å². The standard InChI is InChI=1S/C16H19BrN4O3/c1-2-4-13-15(16(24)18-8-7-14(22)23)19-20-21(13)10-11-5-3-6-12(17)9-11/h3,5-6,9H,2,4,7-8,10H2,1H3,(H,18,24)(H,22,23). The van der Waals surface area contributed by atoms with Crippen molar-refractivity contribution < 1.29 is 14.7 Å². The molecule has 0 bridgehead atoms. The highest BCUT2D eigenvalue weighted by atomic mass is 79.9. The number of benzene rings is 1. The summed E-state index contributed by atoms with van der Waals surface area (Å²) < 4.78 is 2.70. The Morgan fingerprint density at radius 2 is 2.17 bits per heavy atom. The molecule has 0 radical (unpaired) electrons. The minimum Gasteiger partial charge on any atom is -0.481 e. The molecule has 0 saturated heterocycles. The summed E-state index contributed by atoms with van der Waals surface area (Å²) in [6.45, 7) is 2.60. The van der Waals surface area contributed by atoms with Crippen LogP contribution in [0.3, 0.4) is 0 Å². The number of carboxylic acids is 1. The monoisotopic (exact) mass is 394 g/mol. The van der Waals surface area contributed by atoms with E-state index >= 15 is 0 Å². The second-order valence-electron chi connectivity index (χ2n) is 5.32. The van der Waals surface area contributed by atoms with Crippen molar-refractivity contribution in [1.29, 1.82) is 0 Å². The van der Waals surface area contributed by atoms with Crippen molar-refractivity contribution in [3.8, 4) is 0 Å². The van der Waals surface area contributed by atoms with Gasteiger partial charge in [0.25, 0.3) is 5.91 Å². The van der Waals surface area contributed by atoms with Gasteiger partial charge in [-0.15, -0.1) is 5.10 Å². The van der Waals surface area contributed by atoms with Crippen LogP contribution in [0.5, 0.6) is 0 Å². The smallest absolute Gasteiger partial charge is 0.305 e. The lowest BCUT2D eigenvalue weighted by Crippen LogP contribution is -2.27. The SMILES string of the molecule is CCCc1c(C(=O)NCCC(=O)O)nnn1Cc1cccc(Br)c1. The molecule has 0 aliphatic rings. The van der Waals surface area contributed by atoms with E-state index in [4.69, 9.17) is 5.11 Å². The van der Waals surface area contributed by atoms with Crippen LogP contribution < -0.4 is 5.32 Å². The van der Waals surface area contributed by atoms with Gasteiger partial charge in [-0.3, -0.25) is 9.59 Å². The topological polar surface area (TPSA) is 97.1 Å². The van der Waals surface area contributed by atoms with Gasteiger partial charge in [-0.1, -0.05) is 46.6 Å². The quantitative estimate of drug-likeness (QED) is 0.715. The summed E-state index contributed by atoms with van der Waals surface area (Å²) >= 11 is 3.44. The van der Waals surface area contributed by atoms with E-state index in [9.17, 15) is 9.59 Å². The molecule has 0 saturated carbocycles. The van der Waals surface area contributed by atoms with E-state index in [1.165, 1.54) is 0 Å². The zero-order chi connectivity index (χ0) is 17.5. The predicted molar refractivity (Wildman–Crippen MR) is 91.8 cm³/mol. The van der Waals surface area contributed by atoms with E-state index in [-0.39, 0.29) is 24.6 Å². The van der Waals surface area contributed by atoms with E-state index < -0.39 is 5.97 Å². The number of carbonyl (C=O) groups excluding carboxylic acids is 1. The number of halogens is 1. The van der Waals surface area contributed by atoms with Crippen LogP contribution in [-0.2, 0) is 17.8 Å². The van der Waals surface area contributed by atoms with Crippen molar-refractivity contribution in [2.75, 3.05) is 6.54 Å². The molecule has 24 heavy (non-hydrogen) atoms. The lowest BCUT2D eigenvalue weighted by atomic mass is 10.1. The maximum absolute atomic E-state index is 12.2. The first-order valence-electron chi connectivity index (χ1n) is 7.68. The molecule has 0 aliphatic heterocycles. The van der Waals surface area contributed by atoms with Gasteiger partial charge in [-0.2, -0.15) is 0 Å². The van der Waals surface area contributed by atoms with Crippen molar-refractivity contribution in [3.63, 3.8) is 0 Å². The number of aliphatic carboxylic acids is 1. The summed E-state index contributed by atoms with van der Waals surface area (Å²) in [6.07, 6.45) is 1.39. The lowest BCUT2D eigenvalue weighted by molar-refractivity contribution is -0.136. The zero-order valence-corrected chi connectivity index (χ0v) is 14.9. The van der Waals surface area contributed by atoms with Gasteiger partial charge in [0.2, 0.25) is 0 Å². The Kier molecular flexibility index (Phi) is 6.48. The molecule has 2 rings (SSSR count). The van der Waals surface area contributed by atoms with Crippen LogP contribution in [0.15, 0.2) is 28.7 Å². The normalized spacial score (nSPS) is 10.6. The Morgan fingerprint density at radius 3 is 2.83 bits per heavy atom. The minimum absolute atomic E-state index is 0.0677. The highest BCUT2D eigenvalue weighted by Crippen LogP contribution is 2.15. The van der Waals surface area contributed by atoms with Gasteiger partial charge < -0.3 is 10.4 Å². The maximum Gasteiger partial charge on any atom is 0.305 e. The van der Waals surface area contributed by atoms with E-state index in [0.29, 0.717) is 13.0 Å². The molecule has 2 N–H and O–H groups in total. The first-order chi connectivity index (χ1) is 11.5. The van der Waals surface area contributed by atoms with Gasteiger partial charge >= 0.3 is 5.97 Å². The van der Waals surface area contributed by atoms with Crippen LogP contribution in [0.1, 0.15) is 41.5 Å². The Bertz CT molecular complexity index is 730. The highest BCUT2D eigenvalue weighted by molar-refractivity contribution is 9.10. The number of hydrogen-bond acceptors (Lipinski definition) is 4. The molecule has 0 unspecified atom stereocenters.